The average molecular weight is 311 g/mol. The number of ether oxygens (including phenoxy) is 1. The Balaban J connectivity index is 1.95. The number of nitrogens with zero attached hydrogens (tertiary/aromatic N) is 1. The smallest absolute Gasteiger partial charge is 0.231 e. The number of carbonyl (C=O) groups is 1. The highest BCUT2D eigenvalue weighted by molar-refractivity contribution is 7.09. The van der Waals surface area contributed by atoms with Gasteiger partial charge in [-0.3, -0.25) is 4.79 Å². The van der Waals surface area contributed by atoms with Crippen LogP contribution in [0.25, 0.3) is 0 Å². The van der Waals surface area contributed by atoms with E-state index in [2.05, 4.69) is 10.3 Å². The number of rotatable bonds is 6. The van der Waals surface area contributed by atoms with E-state index in [4.69, 9.17) is 16.3 Å². The van der Waals surface area contributed by atoms with Crippen molar-refractivity contribution < 1.29 is 9.53 Å². The second kappa shape index (κ2) is 7.26. The number of nitrogens with one attached hydrogen (secondary N) is 1. The standard InChI is InChI=1S/C14H15ClN2O2S/c1-2-19-12-5-3-4-10(6-12)16-13(18)7-14-17-11(8-15)9-20-14/h3-6,9H,2,7-8H2,1H3,(H,16,18). The topological polar surface area (TPSA) is 51.2 Å². The highest BCUT2D eigenvalue weighted by Crippen LogP contribution is 2.18. The van der Waals surface area contributed by atoms with Gasteiger partial charge in [0.25, 0.3) is 0 Å². The van der Waals surface area contributed by atoms with Crippen molar-refractivity contribution in [3.8, 4) is 5.75 Å². The lowest BCUT2D eigenvalue weighted by atomic mass is 10.3. The van der Waals surface area contributed by atoms with Crippen molar-refractivity contribution in [3.05, 3.63) is 40.3 Å². The number of thiazole rings is 1. The summed E-state index contributed by atoms with van der Waals surface area (Å²) < 4.78 is 5.39. The minimum atomic E-state index is -0.103. The lowest BCUT2D eigenvalue weighted by molar-refractivity contribution is -0.115. The molecule has 1 aromatic carbocycles. The summed E-state index contributed by atoms with van der Waals surface area (Å²) >= 11 is 7.13. The molecule has 0 saturated carbocycles. The number of anilines is 1. The normalized spacial score (nSPS) is 10.3. The molecule has 0 atom stereocenters. The molecule has 1 N–H and O–H groups in total. The molecule has 0 aliphatic heterocycles. The van der Waals surface area contributed by atoms with Gasteiger partial charge in [0.05, 0.1) is 24.6 Å². The molecule has 0 aliphatic rings. The van der Waals surface area contributed by atoms with Crippen LogP contribution in [0, 0.1) is 0 Å². The average Bonchev–Trinajstić information content (AvgIpc) is 2.87. The van der Waals surface area contributed by atoms with E-state index < -0.39 is 0 Å². The lowest BCUT2D eigenvalue weighted by Crippen LogP contribution is -2.14. The van der Waals surface area contributed by atoms with E-state index in [1.54, 1.807) is 6.07 Å². The minimum Gasteiger partial charge on any atom is -0.494 e. The number of hydrogen-bond acceptors (Lipinski definition) is 4. The molecule has 1 aromatic heterocycles. The molecular weight excluding hydrogens is 296 g/mol. The summed E-state index contributed by atoms with van der Waals surface area (Å²) in [6.07, 6.45) is 0.250. The molecular formula is C14H15ClN2O2S. The molecule has 0 aliphatic carbocycles. The number of alkyl halides is 1. The quantitative estimate of drug-likeness (QED) is 0.831. The number of benzene rings is 1. The van der Waals surface area contributed by atoms with E-state index in [0.29, 0.717) is 12.5 Å². The van der Waals surface area contributed by atoms with E-state index in [-0.39, 0.29) is 12.3 Å². The third-order valence-electron chi connectivity index (χ3n) is 2.48. The van der Waals surface area contributed by atoms with Crippen LogP contribution < -0.4 is 10.1 Å². The number of carbonyl (C=O) groups excluding carboxylic acids is 1. The molecule has 6 heteroatoms. The van der Waals surface area contributed by atoms with Gasteiger partial charge in [0.1, 0.15) is 10.8 Å². The zero-order valence-corrected chi connectivity index (χ0v) is 12.6. The van der Waals surface area contributed by atoms with E-state index in [1.807, 2.05) is 30.5 Å². The zero-order valence-electron chi connectivity index (χ0n) is 11.1. The molecule has 0 unspecified atom stereocenters. The van der Waals surface area contributed by atoms with Crippen LogP contribution in [0.4, 0.5) is 5.69 Å². The van der Waals surface area contributed by atoms with Gasteiger partial charge in [-0.15, -0.1) is 22.9 Å². The van der Waals surface area contributed by atoms with Crippen molar-refractivity contribution in [2.24, 2.45) is 0 Å². The maximum Gasteiger partial charge on any atom is 0.231 e. The first-order valence-corrected chi connectivity index (χ1v) is 7.64. The Kier molecular flexibility index (Phi) is 5.38. The first-order valence-electron chi connectivity index (χ1n) is 6.23. The minimum absolute atomic E-state index is 0.103. The molecule has 1 amide bonds. The van der Waals surface area contributed by atoms with Gasteiger partial charge < -0.3 is 10.1 Å². The van der Waals surface area contributed by atoms with Gasteiger partial charge in [-0.25, -0.2) is 4.98 Å². The summed E-state index contributed by atoms with van der Waals surface area (Å²) in [7, 11) is 0. The summed E-state index contributed by atoms with van der Waals surface area (Å²) in [6, 6.07) is 7.32. The summed E-state index contributed by atoms with van der Waals surface area (Å²) in [5.41, 5.74) is 1.52. The maximum absolute atomic E-state index is 11.9. The molecule has 0 saturated heterocycles. The van der Waals surface area contributed by atoms with E-state index in [9.17, 15) is 4.79 Å². The molecule has 2 rings (SSSR count). The van der Waals surface area contributed by atoms with E-state index in [0.717, 1.165) is 22.1 Å². The van der Waals surface area contributed by atoms with Crippen molar-refractivity contribution in [1.82, 2.24) is 4.98 Å². The van der Waals surface area contributed by atoms with E-state index in [1.165, 1.54) is 11.3 Å². The predicted octanol–water partition coefficient (Wildman–Crippen LogP) is 3.46. The number of halogens is 1. The van der Waals surface area contributed by atoms with Gasteiger partial charge in [0, 0.05) is 17.1 Å². The Labute approximate surface area is 126 Å². The molecule has 0 spiro atoms. The second-order valence-electron chi connectivity index (χ2n) is 4.05. The third kappa shape index (κ3) is 4.21. The van der Waals surface area contributed by atoms with Crippen LogP contribution in [0.15, 0.2) is 29.6 Å². The largest absolute Gasteiger partial charge is 0.494 e. The van der Waals surface area contributed by atoms with Gasteiger partial charge in [-0.05, 0) is 19.1 Å². The van der Waals surface area contributed by atoms with Crippen LogP contribution >= 0.6 is 22.9 Å². The van der Waals surface area contributed by atoms with Crippen molar-refractivity contribution in [3.63, 3.8) is 0 Å². The van der Waals surface area contributed by atoms with Crippen LogP contribution in [0.3, 0.4) is 0 Å². The fourth-order valence-corrected chi connectivity index (χ4v) is 2.69. The SMILES string of the molecule is CCOc1cccc(NC(=O)Cc2nc(CCl)cs2)c1. The van der Waals surface area contributed by atoms with E-state index >= 15 is 0 Å². The molecule has 106 valence electrons. The molecule has 0 radical (unpaired) electrons. The van der Waals surface area contributed by atoms with Crippen molar-refractivity contribution in [2.45, 2.75) is 19.2 Å². The molecule has 1 heterocycles. The van der Waals surface area contributed by atoms with Crippen LogP contribution in [0.1, 0.15) is 17.6 Å². The maximum atomic E-state index is 11.9. The fraction of sp³-hybridized carbons (Fsp3) is 0.286. The number of hydrogen-bond donors (Lipinski definition) is 1. The predicted molar refractivity (Wildman–Crippen MR) is 81.6 cm³/mol. The summed E-state index contributed by atoms with van der Waals surface area (Å²) in [6.45, 7) is 2.51. The Bertz CT molecular complexity index is 586. The van der Waals surface area contributed by atoms with Gasteiger partial charge in [0.2, 0.25) is 5.91 Å². The summed E-state index contributed by atoms with van der Waals surface area (Å²) in [5.74, 6) is 1.01. The van der Waals surface area contributed by atoms with Crippen LogP contribution in [0.2, 0.25) is 0 Å². The Morgan fingerprint density at radius 2 is 2.35 bits per heavy atom. The second-order valence-corrected chi connectivity index (χ2v) is 5.26. The molecule has 0 bridgehead atoms. The Hall–Kier alpha value is -1.59. The fourth-order valence-electron chi connectivity index (χ4n) is 1.66. The van der Waals surface area contributed by atoms with Crippen molar-refractivity contribution in [1.29, 1.82) is 0 Å². The lowest BCUT2D eigenvalue weighted by Gasteiger charge is -2.07. The van der Waals surface area contributed by atoms with Crippen molar-refractivity contribution in [2.75, 3.05) is 11.9 Å². The van der Waals surface area contributed by atoms with Crippen LogP contribution in [-0.4, -0.2) is 17.5 Å². The highest BCUT2D eigenvalue weighted by Gasteiger charge is 2.08. The number of aromatic nitrogens is 1. The molecule has 20 heavy (non-hydrogen) atoms. The summed E-state index contributed by atoms with van der Waals surface area (Å²) in [4.78, 5) is 16.2. The van der Waals surface area contributed by atoms with Gasteiger partial charge in [-0.2, -0.15) is 0 Å². The first-order chi connectivity index (χ1) is 9.71. The van der Waals surface area contributed by atoms with Crippen molar-refractivity contribution >= 4 is 34.5 Å². The third-order valence-corrected chi connectivity index (χ3v) is 3.65. The number of amides is 1. The zero-order chi connectivity index (χ0) is 14.4. The van der Waals surface area contributed by atoms with Crippen LogP contribution in [-0.2, 0) is 17.1 Å². The monoisotopic (exact) mass is 310 g/mol. The Morgan fingerprint density at radius 3 is 3.05 bits per heavy atom. The molecule has 4 nitrogen and oxygen atoms in total. The molecule has 0 fully saturated rings. The van der Waals surface area contributed by atoms with Crippen LogP contribution in [0.5, 0.6) is 5.75 Å². The first kappa shape index (κ1) is 14.8. The van der Waals surface area contributed by atoms with Gasteiger partial charge in [0.15, 0.2) is 0 Å². The Morgan fingerprint density at radius 1 is 1.50 bits per heavy atom. The molecule has 2 aromatic rings. The highest BCUT2D eigenvalue weighted by atomic mass is 35.5. The van der Waals surface area contributed by atoms with Gasteiger partial charge in [-0.1, -0.05) is 6.07 Å². The summed E-state index contributed by atoms with van der Waals surface area (Å²) in [5, 5.41) is 5.46. The van der Waals surface area contributed by atoms with Gasteiger partial charge >= 0.3 is 0 Å².